The molecule has 0 aromatic heterocycles. The Morgan fingerprint density at radius 2 is 1.90 bits per heavy atom. The van der Waals surface area contributed by atoms with Gasteiger partial charge in [-0.25, -0.2) is 4.79 Å². The molecule has 21 heavy (non-hydrogen) atoms. The first-order chi connectivity index (χ1) is 10.1. The second-order valence-electron chi connectivity index (χ2n) is 6.04. The molecular formula is C15H27N3O3. The Morgan fingerprint density at radius 1 is 1.19 bits per heavy atom. The zero-order valence-electron chi connectivity index (χ0n) is 12.9. The highest BCUT2D eigenvalue weighted by molar-refractivity contribution is 5.74. The maximum Gasteiger partial charge on any atom is 0.320 e. The first-order valence-corrected chi connectivity index (χ1v) is 8.14. The molecule has 2 aliphatic rings. The number of carbonyl (C=O) groups excluding carboxylic acids is 1. The van der Waals surface area contributed by atoms with Gasteiger partial charge in [0.25, 0.3) is 0 Å². The van der Waals surface area contributed by atoms with Gasteiger partial charge < -0.3 is 15.3 Å². The molecule has 2 saturated heterocycles. The van der Waals surface area contributed by atoms with Crippen LogP contribution in [0.15, 0.2) is 0 Å². The first-order valence-electron chi connectivity index (χ1n) is 8.14. The fraction of sp³-hybridized carbons (Fsp3) is 0.867. The number of urea groups is 1. The summed E-state index contributed by atoms with van der Waals surface area (Å²) in [6, 6.07) is 0.0197. The molecule has 0 aromatic rings. The molecule has 2 aliphatic heterocycles. The van der Waals surface area contributed by atoms with Crippen molar-refractivity contribution in [3.63, 3.8) is 0 Å². The van der Waals surface area contributed by atoms with Crippen molar-refractivity contribution in [3.8, 4) is 0 Å². The molecule has 2 fully saturated rings. The number of nitrogens with one attached hydrogen (secondary N) is 1. The van der Waals surface area contributed by atoms with Gasteiger partial charge in [-0.2, -0.15) is 0 Å². The van der Waals surface area contributed by atoms with E-state index >= 15 is 0 Å². The number of hydrogen-bond acceptors (Lipinski definition) is 3. The summed E-state index contributed by atoms with van der Waals surface area (Å²) in [5.74, 6) is -0.702. The minimum atomic E-state index is -0.702. The van der Waals surface area contributed by atoms with Crippen molar-refractivity contribution in [2.24, 2.45) is 0 Å². The second-order valence-corrected chi connectivity index (χ2v) is 6.04. The molecule has 0 saturated carbocycles. The first kappa shape index (κ1) is 16.1. The molecule has 0 bridgehead atoms. The molecule has 0 aromatic carbocycles. The maximum atomic E-state index is 12.0. The number of amides is 2. The Morgan fingerprint density at radius 3 is 2.52 bits per heavy atom. The minimum Gasteiger partial charge on any atom is -0.480 e. The molecule has 0 radical (unpaired) electrons. The Kier molecular flexibility index (Phi) is 5.85. The van der Waals surface area contributed by atoms with Gasteiger partial charge in [-0.1, -0.05) is 13.3 Å². The van der Waals surface area contributed by atoms with Crippen molar-refractivity contribution in [2.45, 2.75) is 57.5 Å². The van der Waals surface area contributed by atoms with Crippen LogP contribution in [0, 0.1) is 0 Å². The third-order valence-electron chi connectivity index (χ3n) is 4.61. The Labute approximate surface area is 126 Å². The zero-order chi connectivity index (χ0) is 15.2. The van der Waals surface area contributed by atoms with Crippen molar-refractivity contribution in [2.75, 3.05) is 26.2 Å². The topological polar surface area (TPSA) is 72.9 Å². The lowest BCUT2D eigenvalue weighted by atomic mass is 10.0. The molecule has 1 unspecified atom stereocenters. The number of nitrogens with zero attached hydrogens (tertiary/aromatic N) is 2. The summed E-state index contributed by atoms with van der Waals surface area (Å²) in [5.41, 5.74) is 0. The molecule has 6 heteroatoms. The largest absolute Gasteiger partial charge is 0.480 e. The molecule has 2 rings (SSSR count). The van der Waals surface area contributed by atoms with Gasteiger partial charge in [-0.3, -0.25) is 9.69 Å². The number of carbonyl (C=O) groups is 2. The van der Waals surface area contributed by atoms with E-state index < -0.39 is 5.97 Å². The normalized spacial score (nSPS) is 24.2. The standard InChI is InChI=1S/C15H27N3O3/c1-2-3-8-16-15(21)17-10-6-12(7-11-17)18-9-4-5-13(18)14(19)20/h12-13H,2-11H2,1H3,(H,16,21)(H,19,20). The third kappa shape index (κ3) is 4.09. The number of unbranched alkanes of at least 4 members (excludes halogenated alkanes) is 1. The minimum absolute atomic E-state index is 0.0260. The van der Waals surface area contributed by atoms with Gasteiger partial charge in [0.2, 0.25) is 0 Å². The lowest BCUT2D eigenvalue weighted by Crippen LogP contribution is -2.51. The van der Waals surface area contributed by atoms with Crippen molar-refractivity contribution in [1.29, 1.82) is 0 Å². The molecule has 1 atom stereocenters. The summed E-state index contributed by atoms with van der Waals surface area (Å²) in [7, 11) is 0. The predicted molar refractivity (Wildman–Crippen MR) is 80.3 cm³/mol. The van der Waals surface area contributed by atoms with Gasteiger partial charge in [0.05, 0.1) is 0 Å². The average molecular weight is 297 g/mol. The number of carboxylic acids is 1. The van der Waals surface area contributed by atoms with Crippen molar-refractivity contribution >= 4 is 12.0 Å². The number of likely N-dealkylation sites (tertiary alicyclic amines) is 2. The van der Waals surface area contributed by atoms with Crippen LogP contribution in [-0.2, 0) is 4.79 Å². The SMILES string of the molecule is CCCCNC(=O)N1CCC(N2CCCC2C(=O)O)CC1. The van der Waals surface area contributed by atoms with Crippen molar-refractivity contribution < 1.29 is 14.7 Å². The third-order valence-corrected chi connectivity index (χ3v) is 4.61. The molecule has 2 heterocycles. The fourth-order valence-corrected chi connectivity index (χ4v) is 3.38. The molecule has 2 N–H and O–H groups in total. The van der Waals surface area contributed by atoms with Crippen LogP contribution in [0.2, 0.25) is 0 Å². The Hall–Kier alpha value is -1.30. The van der Waals surface area contributed by atoms with E-state index in [-0.39, 0.29) is 12.1 Å². The van der Waals surface area contributed by atoms with E-state index in [1.54, 1.807) is 0 Å². The average Bonchev–Trinajstić information content (AvgIpc) is 2.97. The van der Waals surface area contributed by atoms with Crippen LogP contribution in [-0.4, -0.2) is 65.2 Å². The lowest BCUT2D eigenvalue weighted by molar-refractivity contribution is -0.143. The van der Waals surface area contributed by atoms with E-state index in [0.717, 1.165) is 64.7 Å². The predicted octanol–water partition coefficient (Wildman–Crippen LogP) is 1.51. The quantitative estimate of drug-likeness (QED) is 0.755. The van der Waals surface area contributed by atoms with Gasteiger partial charge in [0.15, 0.2) is 0 Å². The van der Waals surface area contributed by atoms with Crippen LogP contribution in [0.5, 0.6) is 0 Å². The number of aliphatic carboxylic acids is 1. The van der Waals surface area contributed by atoms with Gasteiger partial charge in [0.1, 0.15) is 6.04 Å². The summed E-state index contributed by atoms with van der Waals surface area (Å²) >= 11 is 0. The smallest absolute Gasteiger partial charge is 0.320 e. The highest BCUT2D eigenvalue weighted by Crippen LogP contribution is 2.26. The van der Waals surface area contributed by atoms with Crippen LogP contribution in [0.3, 0.4) is 0 Å². The van der Waals surface area contributed by atoms with Gasteiger partial charge in [-0.05, 0) is 38.6 Å². The van der Waals surface area contributed by atoms with Crippen LogP contribution in [0.1, 0.15) is 45.4 Å². The molecule has 120 valence electrons. The Balaban J connectivity index is 1.77. The summed E-state index contributed by atoms with van der Waals surface area (Å²) in [6.07, 6.45) is 5.57. The summed E-state index contributed by atoms with van der Waals surface area (Å²) in [6.45, 7) is 5.18. The van der Waals surface area contributed by atoms with Gasteiger partial charge in [0, 0.05) is 25.7 Å². The van der Waals surface area contributed by atoms with Crippen molar-refractivity contribution in [3.05, 3.63) is 0 Å². The second kappa shape index (κ2) is 7.64. The zero-order valence-corrected chi connectivity index (χ0v) is 12.9. The molecule has 0 aliphatic carbocycles. The van der Waals surface area contributed by atoms with E-state index in [4.69, 9.17) is 0 Å². The summed E-state index contributed by atoms with van der Waals surface area (Å²) in [4.78, 5) is 27.2. The van der Waals surface area contributed by atoms with E-state index in [2.05, 4.69) is 17.1 Å². The van der Waals surface area contributed by atoms with E-state index in [0.29, 0.717) is 6.04 Å². The highest BCUT2D eigenvalue weighted by Gasteiger charge is 2.37. The molecular weight excluding hydrogens is 270 g/mol. The summed E-state index contributed by atoms with van der Waals surface area (Å²) in [5, 5.41) is 12.2. The number of rotatable bonds is 5. The lowest BCUT2D eigenvalue weighted by Gasteiger charge is -2.38. The monoisotopic (exact) mass is 297 g/mol. The van der Waals surface area contributed by atoms with Crippen LogP contribution in [0.4, 0.5) is 4.79 Å². The van der Waals surface area contributed by atoms with E-state index in [9.17, 15) is 14.7 Å². The van der Waals surface area contributed by atoms with Crippen LogP contribution >= 0.6 is 0 Å². The van der Waals surface area contributed by atoms with Crippen LogP contribution < -0.4 is 5.32 Å². The van der Waals surface area contributed by atoms with E-state index in [1.807, 2.05) is 4.90 Å². The van der Waals surface area contributed by atoms with Crippen molar-refractivity contribution in [1.82, 2.24) is 15.1 Å². The molecule has 2 amide bonds. The number of piperidine rings is 1. The van der Waals surface area contributed by atoms with E-state index in [1.165, 1.54) is 0 Å². The van der Waals surface area contributed by atoms with Crippen LogP contribution in [0.25, 0.3) is 0 Å². The molecule has 6 nitrogen and oxygen atoms in total. The maximum absolute atomic E-state index is 12.0. The Bertz CT molecular complexity index is 367. The fourth-order valence-electron chi connectivity index (χ4n) is 3.38. The van der Waals surface area contributed by atoms with Gasteiger partial charge >= 0.3 is 12.0 Å². The van der Waals surface area contributed by atoms with Gasteiger partial charge in [-0.15, -0.1) is 0 Å². The number of hydrogen-bond donors (Lipinski definition) is 2. The number of carboxylic acid groups (broad SMARTS) is 1. The highest BCUT2D eigenvalue weighted by atomic mass is 16.4. The molecule has 0 spiro atoms. The summed E-state index contributed by atoms with van der Waals surface area (Å²) < 4.78 is 0.